The number of carbonyl (C=O) groups excluding carboxylic acids is 2. The molecule has 25 heavy (non-hydrogen) atoms. The highest BCUT2D eigenvalue weighted by molar-refractivity contribution is 6.05. The molecule has 1 saturated carbocycles. The topological polar surface area (TPSA) is 79.2 Å². The van der Waals surface area contributed by atoms with E-state index < -0.39 is 12.0 Å². The van der Waals surface area contributed by atoms with Crippen molar-refractivity contribution in [1.82, 2.24) is 5.32 Å². The number of hydrogen-bond acceptors (Lipinski definition) is 4. The quantitative estimate of drug-likeness (QED) is 0.852. The number of benzene rings is 2. The van der Waals surface area contributed by atoms with Gasteiger partial charge in [-0.05, 0) is 42.0 Å². The van der Waals surface area contributed by atoms with E-state index in [1.54, 1.807) is 42.5 Å². The first-order valence-electron chi connectivity index (χ1n) is 8.13. The van der Waals surface area contributed by atoms with Gasteiger partial charge in [0.05, 0.1) is 18.7 Å². The van der Waals surface area contributed by atoms with Gasteiger partial charge in [0, 0.05) is 5.56 Å². The van der Waals surface area contributed by atoms with Gasteiger partial charge in [-0.25, -0.2) is 4.79 Å². The molecular weight excluding hydrogens is 316 g/mol. The molecule has 1 N–H and O–H groups in total. The normalized spacial score (nSPS) is 14.2. The maximum atomic E-state index is 12.7. The van der Waals surface area contributed by atoms with Gasteiger partial charge in [-0.2, -0.15) is 5.26 Å². The van der Waals surface area contributed by atoms with Gasteiger partial charge >= 0.3 is 5.97 Å². The lowest BCUT2D eigenvalue weighted by molar-refractivity contribution is 0.0601. The molecule has 1 atom stereocenters. The maximum absolute atomic E-state index is 12.7. The monoisotopic (exact) mass is 334 g/mol. The summed E-state index contributed by atoms with van der Waals surface area (Å²) in [5.41, 5.74) is 2.08. The number of rotatable bonds is 5. The molecule has 0 heterocycles. The van der Waals surface area contributed by atoms with Gasteiger partial charge in [-0.1, -0.05) is 36.4 Å². The van der Waals surface area contributed by atoms with Gasteiger partial charge in [0.1, 0.15) is 6.04 Å². The molecule has 0 radical (unpaired) electrons. The maximum Gasteiger partial charge on any atom is 0.338 e. The Morgan fingerprint density at radius 2 is 1.64 bits per heavy atom. The van der Waals surface area contributed by atoms with Crippen LogP contribution < -0.4 is 5.32 Å². The zero-order valence-corrected chi connectivity index (χ0v) is 13.9. The van der Waals surface area contributed by atoms with E-state index in [1.165, 1.54) is 7.11 Å². The summed E-state index contributed by atoms with van der Waals surface area (Å²) in [6.07, 6.45) is 1.93. The van der Waals surface area contributed by atoms with Crippen LogP contribution in [0.25, 0.3) is 11.1 Å². The van der Waals surface area contributed by atoms with Crippen molar-refractivity contribution >= 4 is 11.9 Å². The number of nitrogens with one attached hydrogen (secondary N) is 1. The number of nitriles is 1. The molecule has 5 heteroatoms. The third kappa shape index (κ3) is 3.53. The molecule has 1 aliphatic carbocycles. The van der Waals surface area contributed by atoms with Crippen LogP contribution in [0.4, 0.5) is 0 Å². The average molecular weight is 334 g/mol. The van der Waals surface area contributed by atoms with Crippen LogP contribution in [0, 0.1) is 17.2 Å². The second-order valence-electron chi connectivity index (χ2n) is 6.00. The van der Waals surface area contributed by atoms with Crippen molar-refractivity contribution in [3.05, 3.63) is 59.7 Å². The van der Waals surface area contributed by atoms with Gasteiger partial charge in [0.25, 0.3) is 5.91 Å². The molecule has 126 valence electrons. The van der Waals surface area contributed by atoms with Gasteiger partial charge in [0.15, 0.2) is 0 Å². The summed E-state index contributed by atoms with van der Waals surface area (Å²) < 4.78 is 4.84. The van der Waals surface area contributed by atoms with Crippen LogP contribution in [0.2, 0.25) is 0 Å². The first-order valence-corrected chi connectivity index (χ1v) is 8.13. The number of hydrogen-bond donors (Lipinski definition) is 1. The summed E-state index contributed by atoms with van der Waals surface area (Å²) in [6, 6.07) is 15.7. The Kier molecular flexibility index (Phi) is 4.80. The molecule has 0 unspecified atom stereocenters. The molecule has 0 aliphatic heterocycles. The van der Waals surface area contributed by atoms with E-state index in [-0.39, 0.29) is 11.8 Å². The summed E-state index contributed by atoms with van der Waals surface area (Å²) in [7, 11) is 1.32. The fourth-order valence-electron chi connectivity index (χ4n) is 2.83. The Balaban J connectivity index is 1.98. The van der Waals surface area contributed by atoms with Crippen LogP contribution in [0.15, 0.2) is 48.5 Å². The van der Waals surface area contributed by atoms with Crippen LogP contribution >= 0.6 is 0 Å². The molecule has 0 spiro atoms. The molecule has 0 aromatic heterocycles. The fraction of sp³-hybridized carbons (Fsp3) is 0.250. The summed E-state index contributed by atoms with van der Waals surface area (Å²) in [6.45, 7) is 0. The lowest BCUT2D eigenvalue weighted by atomic mass is 9.94. The molecule has 1 fully saturated rings. The van der Waals surface area contributed by atoms with E-state index in [1.807, 2.05) is 6.07 Å². The average Bonchev–Trinajstić information content (AvgIpc) is 3.50. The molecule has 0 saturated heterocycles. The van der Waals surface area contributed by atoms with E-state index >= 15 is 0 Å². The Bertz CT molecular complexity index is 850. The predicted molar refractivity (Wildman–Crippen MR) is 92.8 cm³/mol. The Morgan fingerprint density at radius 1 is 1.08 bits per heavy atom. The molecule has 2 aromatic rings. The summed E-state index contributed by atoms with van der Waals surface area (Å²) in [5.74, 6) is -0.532. The molecule has 3 rings (SSSR count). The van der Waals surface area contributed by atoms with Gasteiger partial charge in [0.2, 0.25) is 0 Å². The zero-order chi connectivity index (χ0) is 17.8. The second kappa shape index (κ2) is 7.18. The van der Waals surface area contributed by atoms with E-state index in [0.29, 0.717) is 22.3 Å². The van der Waals surface area contributed by atoms with Crippen molar-refractivity contribution in [2.45, 2.75) is 18.9 Å². The first kappa shape index (κ1) is 16.7. The lowest BCUT2D eigenvalue weighted by Gasteiger charge is -2.15. The lowest BCUT2D eigenvalue weighted by Crippen LogP contribution is -2.35. The third-order valence-corrected chi connectivity index (χ3v) is 4.31. The number of nitrogens with zero attached hydrogens (tertiary/aromatic N) is 1. The van der Waals surface area contributed by atoms with Gasteiger partial charge < -0.3 is 10.1 Å². The van der Waals surface area contributed by atoms with Gasteiger partial charge in [-0.3, -0.25) is 4.79 Å². The highest BCUT2D eigenvalue weighted by Crippen LogP contribution is 2.33. The van der Waals surface area contributed by atoms with Crippen LogP contribution in [-0.2, 0) is 4.74 Å². The van der Waals surface area contributed by atoms with E-state index in [4.69, 9.17) is 4.74 Å². The Labute approximate surface area is 146 Å². The van der Waals surface area contributed by atoms with Crippen LogP contribution in [0.3, 0.4) is 0 Å². The SMILES string of the molecule is COC(=O)c1ccccc1-c1ccccc1C(=O)N[C@H](C#N)C1CC1. The van der Waals surface area contributed by atoms with Crippen molar-refractivity contribution in [2.24, 2.45) is 5.92 Å². The fourth-order valence-corrected chi connectivity index (χ4v) is 2.83. The number of esters is 1. The Morgan fingerprint density at radius 3 is 2.20 bits per heavy atom. The molecule has 0 bridgehead atoms. The number of carbonyl (C=O) groups is 2. The smallest absolute Gasteiger partial charge is 0.338 e. The predicted octanol–water partition coefficient (Wildman–Crippen LogP) is 3.17. The molecule has 1 amide bonds. The van der Waals surface area contributed by atoms with E-state index in [9.17, 15) is 14.9 Å². The summed E-state index contributed by atoms with van der Waals surface area (Å²) in [4.78, 5) is 24.8. The number of methoxy groups -OCH3 is 1. The van der Waals surface area contributed by atoms with E-state index in [0.717, 1.165) is 12.8 Å². The van der Waals surface area contributed by atoms with Crippen molar-refractivity contribution < 1.29 is 14.3 Å². The van der Waals surface area contributed by atoms with Crippen LogP contribution in [0.1, 0.15) is 33.6 Å². The van der Waals surface area contributed by atoms with Crippen molar-refractivity contribution in [2.75, 3.05) is 7.11 Å². The number of amides is 1. The van der Waals surface area contributed by atoms with E-state index in [2.05, 4.69) is 11.4 Å². The van der Waals surface area contributed by atoms with Crippen molar-refractivity contribution in [3.8, 4) is 17.2 Å². The van der Waals surface area contributed by atoms with Crippen LogP contribution in [0.5, 0.6) is 0 Å². The molecule has 5 nitrogen and oxygen atoms in total. The molecule has 2 aromatic carbocycles. The minimum absolute atomic E-state index is 0.239. The highest BCUT2D eigenvalue weighted by atomic mass is 16.5. The molecule has 1 aliphatic rings. The van der Waals surface area contributed by atoms with Crippen molar-refractivity contribution in [1.29, 1.82) is 5.26 Å². The Hall–Kier alpha value is -3.13. The van der Waals surface area contributed by atoms with Crippen molar-refractivity contribution in [3.63, 3.8) is 0 Å². The number of ether oxygens (including phenoxy) is 1. The summed E-state index contributed by atoms with van der Waals surface area (Å²) in [5, 5.41) is 12.0. The van der Waals surface area contributed by atoms with Gasteiger partial charge in [-0.15, -0.1) is 0 Å². The third-order valence-electron chi connectivity index (χ3n) is 4.31. The standard InChI is InChI=1S/C20H18N2O3/c1-25-20(24)17-9-5-3-7-15(17)14-6-2-4-8-16(14)19(23)22-18(12-21)13-10-11-13/h2-9,13,18H,10-11H2,1H3,(H,22,23)/t18-/m1/s1. The largest absolute Gasteiger partial charge is 0.465 e. The molecular formula is C20H18N2O3. The first-order chi connectivity index (χ1) is 12.2. The minimum atomic E-state index is -0.476. The van der Waals surface area contributed by atoms with Crippen LogP contribution in [-0.4, -0.2) is 25.0 Å². The zero-order valence-electron chi connectivity index (χ0n) is 13.9. The second-order valence-corrected chi connectivity index (χ2v) is 6.00. The summed E-state index contributed by atoms with van der Waals surface area (Å²) >= 11 is 0. The minimum Gasteiger partial charge on any atom is -0.465 e. The highest BCUT2D eigenvalue weighted by Gasteiger charge is 2.33.